The molecule has 0 unspecified atom stereocenters. The zero-order chi connectivity index (χ0) is 17.2. The van der Waals surface area contributed by atoms with Crippen molar-refractivity contribution < 1.29 is 19.3 Å². The summed E-state index contributed by atoms with van der Waals surface area (Å²) in [7, 11) is 3.44. The molecule has 4 heteroatoms. The molecule has 0 saturated heterocycles. The molecule has 0 radical (unpaired) electrons. The van der Waals surface area contributed by atoms with Crippen LogP contribution in [0.15, 0.2) is 0 Å². The van der Waals surface area contributed by atoms with Gasteiger partial charge in [-0.15, -0.1) is 0 Å². The fourth-order valence-electron chi connectivity index (χ4n) is 2.98. The van der Waals surface area contributed by atoms with E-state index in [0.29, 0.717) is 19.8 Å². The molecular weight excluding hydrogens is 292 g/mol. The lowest BCUT2D eigenvalue weighted by atomic mass is 9.92. The summed E-state index contributed by atoms with van der Waals surface area (Å²) in [5.74, 6) is 0.969. The van der Waals surface area contributed by atoms with Crippen molar-refractivity contribution in [3.63, 3.8) is 0 Å². The van der Waals surface area contributed by atoms with Crippen LogP contribution in [0.1, 0.15) is 53.5 Å². The van der Waals surface area contributed by atoms with Gasteiger partial charge in [-0.2, -0.15) is 0 Å². The van der Waals surface area contributed by atoms with Crippen LogP contribution in [-0.4, -0.2) is 32.5 Å². The average Bonchev–Trinajstić information content (AvgIpc) is 2.54. The van der Waals surface area contributed by atoms with Crippen LogP contribution < -0.4 is 4.74 Å². The van der Waals surface area contributed by atoms with Gasteiger partial charge in [0.2, 0.25) is 0 Å². The molecule has 1 aromatic carbocycles. The fraction of sp³-hybridized carbons (Fsp3) is 0.684. The molecule has 0 bridgehead atoms. The van der Waals surface area contributed by atoms with Crippen molar-refractivity contribution in [2.75, 3.05) is 27.4 Å². The van der Waals surface area contributed by atoms with Crippen molar-refractivity contribution in [3.8, 4) is 5.75 Å². The first-order valence-corrected chi connectivity index (χ1v) is 8.41. The summed E-state index contributed by atoms with van der Waals surface area (Å²) in [5.41, 5.74) is 5.95. The van der Waals surface area contributed by atoms with Crippen LogP contribution in [0.4, 0.5) is 0 Å². The number of methoxy groups -OCH3 is 2. The van der Waals surface area contributed by atoms with E-state index in [1.54, 1.807) is 14.2 Å². The number of aliphatic hydroxyl groups is 1. The van der Waals surface area contributed by atoms with Gasteiger partial charge in [0.05, 0.1) is 19.8 Å². The number of rotatable bonds is 11. The first-order chi connectivity index (χ1) is 11.1. The zero-order valence-corrected chi connectivity index (χ0v) is 15.3. The van der Waals surface area contributed by atoms with E-state index in [-0.39, 0.29) is 6.61 Å². The zero-order valence-electron chi connectivity index (χ0n) is 15.3. The maximum Gasteiger partial charge on any atom is 0.125 e. The topological polar surface area (TPSA) is 47.9 Å². The Kier molecular flexibility index (Phi) is 9.22. The summed E-state index contributed by atoms with van der Waals surface area (Å²) in [4.78, 5) is 0. The van der Waals surface area contributed by atoms with E-state index in [0.717, 1.165) is 42.6 Å². The molecule has 23 heavy (non-hydrogen) atoms. The second-order valence-corrected chi connectivity index (χ2v) is 6.01. The van der Waals surface area contributed by atoms with Crippen LogP contribution in [-0.2, 0) is 22.7 Å². The SMILES string of the molecule is COCc1c(C)c(COC)c(C)c(OCCCCCCO)c1C. The van der Waals surface area contributed by atoms with Crippen molar-refractivity contribution >= 4 is 0 Å². The third-order valence-corrected chi connectivity index (χ3v) is 4.37. The van der Waals surface area contributed by atoms with Gasteiger partial charge < -0.3 is 19.3 Å². The normalized spacial score (nSPS) is 11.0. The monoisotopic (exact) mass is 324 g/mol. The molecule has 132 valence electrons. The lowest BCUT2D eigenvalue weighted by Gasteiger charge is -2.22. The molecule has 1 rings (SSSR count). The summed E-state index contributed by atoms with van der Waals surface area (Å²) in [6, 6.07) is 0. The Hall–Kier alpha value is -1.10. The standard InChI is InChI=1S/C19H32O4/c1-14-17(12-21-4)15(2)19(16(3)18(14)13-22-5)23-11-9-7-6-8-10-20/h20H,6-13H2,1-5H3. The van der Waals surface area contributed by atoms with Crippen molar-refractivity contribution in [2.24, 2.45) is 0 Å². The molecule has 0 amide bonds. The number of hydrogen-bond donors (Lipinski definition) is 1. The minimum atomic E-state index is 0.276. The minimum Gasteiger partial charge on any atom is -0.493 e. The molecule has 0 spiro atoms. The van der Waals surface area contributed by atoms with Gasteiger partial charge in [-0.05, 0) is 67.9 Å². The summed E-state index contributed by atoms with van der Waals surface area (Å²) < 4.78 is 16.8. The predicted octanol–water partition coefficient (Wildman–Crippen LogP) is 3.84. The molecule has 0 heterocycles. The maximum absolute atomic E-state index is 8.81. The molecule has 4 nitrogen and oxygen atoms in total. The van der Waals surface area contributed by atoms with E-state index in [1.165, 1.54) is 16.7 Å². The van der Waals surface area contributed by atoms with Gasteiger partial charge in [-0.1, -0.05) is 6.42 Å². The van der Waals surface area contributed by atoms with E-state index in [1.807, 2.05) is 0 Å². The third-order valence-electron chi connectivity index (χ3n) is 4.37. The third kappa shape index (κ3) is 5.48. The van der Waals surface area contributed by atoms with Crippen LogP contribution in [0.3, 0.4) is 0 Å². The molecular formula is C19H32O4. The van der Waals surface area contributed by atoms with Gasteiger partial charge in [-0.25, -0.2) is 0 Å². The highest BCUT2D eigenvalue weighted by molar-refractivity contribution is 5.54. The molecule has 0 aliphatic rings. The highest BCUT2D eigenvalue weighted by Gasteiger charge is 2.18. The van der Waals surface area contributed by atoms with E-state index >= 15 is 0 Å². The Labute approximate surface area is 140 Å². The molecule has 0 fully saturated rings. The van der Waals surface area contributed by atoms with E-state index in [4.69, 9.17) is 19.3 Å². The van der Waals surface area contributed by atoms with Crippen LogP contribution in [0, 0.1) is 20.8 Å². The first kappa shape index (κ1) is 19.9. The Bertz CT molecular complexity index is 450. The predicted molar refractivity (Wildman–Crippen MR) is 93.1 cm³/mol. The van der Waals surface area contributed by atoms with Crippen molar-refractivity contribution in [1.29, 1.82) is 0 Å². The smallest absolute Gasteiger partial charge is 0.125 e. The van der Waals surface area contributed by atoms with E-state index in [2.05, 4.69) is 20.8 Å². The summed E-state index contributed by atoms with van der Waals surface area (Å²) >= 11 is 0. The van der Waals surface area contributed by atoms with Crippen LogP contribution in [0.2, 0.25) is 0 Å². The highest BCUT2D eigenvalue weighted by atomic mass is 16.5. The van der Waals surface area contributed by atoms with Crippen molar-refractivity contribution in [2.45, 2.75) is 59.7 Å². The molecule has 1 aromatic rings. The molecule has 0 aliphatic carbocycles. The largest absolute Gasteiger partial charge is 0.493 e. The van der Waals surface area contributed by atoms with E-state index in [9.17, 15) is 0 Å². The van der Waals surface area contributed by atoms with Gasteiger partial charge in [0.25, 0.3) is 0 Å². The lowest BCUT2D eigenvalue weighted by molar-refractivity contribution is 0.177. The second kappa shape index (κ2) is 10.6. The molecule has 0 aromatic heterocycles. The number of ether oxygens (including phenoxy) is 3. The number of hydrogen-bond acceptors (Lipinski definition) is 4. The minimum absolute atomic E-state index is 0.276. The Morgan fingerprint density at radius 3 is 1.74 bits per heavy atom. The number of benzene rings is 1. The Balaban J connectivity index is 2.91. The average molecular weight is 324 g/mol. The Morgan fingerprint density at radius 1 is 0.739 bits per heavy atom. The van der Waals surface area contributed by atoms with Gasteiger partial charge in [0.1, 0.15) is 5.75 Å². The molecule has 0 atom stereocenters. The lowest BCUT2D eigenvalue weighted by Crippen LogP contribution is -2.09. The van der Waals surface area contributed by atoms with Gasteiger partial charge >= 0.3 is 0 Å². The van der Waals surface area contributed by atoms with Crippen molar-refractivity contribution in [1.82, 2.24) is 0 Å². The maximum atomic E-state index is 8.81. The summed E-state index contributed by atoms with van der Waals surface area (Å²) in [6.07, 6.45) is 4.01. The molecule has 0 saturated carbocycles. The van der Waals surface area contributed by atoms with Crippen LogP contribution >= 0.6 is 0 Å². The number of aliphatic hydroxyl groups excluding tert-OH is 1. The van der Waals surface area contributed by atoms with Gasteiger partial charge in [0, 0.05) is 20.8 Å². The molecule has 1 N–H and O–H groups in total. The quantitative estimate of drug-likeness (QED) is 0.628. The first-order valence-electron chi connectivity index (χ1n) is 8.41. The summed E-state index contributed by atoms with van der Waals surface area (Å²) in [6.45, 7) is 8.48. The van der Waals surface area contributed by atoms with Crippen LogP contribution in [0.5, 0.6) is 5.75 Å². The Morgan fingerprint density at radius 2 is 1.26 bits per heavy atom. The van der Waals surface area contributed by atoms with Crippen molar-refractivity contribution in [3.05, 3.63) is 27.8 Å². The van der Waals surface area contributed by atoms with Gasteiger partial charge in [-0.3, -0.25) is 0 Å². The summed E-state index contributed by atoms with van der Waals surface area (Å²) in [5, 5.41) is 8.81. The number of unbranched alkanes of at least 4 members (excludes halogenated alkanes) is 3. The van der Waals surface area contributed by atoms with Gasteiger partial charge in [0.15, 0.2) is 0 Å². The fourth-order valence-corrected chi connectivity index (χ4v) is 2.98. The van der Waals surface area contributed by atoms with Crippen LogP contribution in [0.25, 0.3) is 0 Å². The second-order valence-electron chi connectivity index (χ2n) is 6.01. The molecule has 0 aliphatic heterocycles. The van der Waals surface area contributed by atoms with E-state index < -0.39 is 0 Å². The highest BCUT2D eigenvalue weighted by Crippen LogP contribution is 2.34.